The molecule has 2 rings (SSSR count). The summed E-state index contributed by atoms with van der Waals surface area (Å²) in [4.78, 5) is 27.0. The van der Waals surface area contributed by atoms with E-state index in [0.29, 0.717) is 25.3 Å². The monoisotopic (exact) mass is 384 g/mol. The van der Waals surface area contributed by atoms with Crippen LogP contribution in [0.1, 0.15) is 28.4 Å². The fourth-order valence-corrected chi connectivity index (χ4v) is 2.94. The molecular weight excluding hydrogens is 354 g/mol. The molecule has 2 aromatic rings. The summed E-state index contributed by atoms with van der Waals surface area (Å²) in [6, 6.07) is 15.3. The van der Waals surface area contributed by atoms with Crippen molar-refractivity contribution < 1.29 is 19.2 Å². The van der Waals surface area contributed by atoms with E-state index < -0.39 is 0 Å². The Morgan fingerprint density at radius 1 is 1.04 bits per heavy atom. The van der Waals surface area contributed by atoms with Gasteiger partial charge in [-0.05, 0) is 36.8 Å². The summed E-state index contributed by atoms with van der Waals surface area (Å²) < 4.78 is 5.44. The second-order valence-electron chi connectivity index (χ2n) is 6.91. The Balaban J connectivity index is 1.84. The van der Waals surface area contributed by atoms with Crippen LogP contribution < -0.4 is 15.0 Å². The van der Waals surface area contributed by atoms with Crippen molar-refractivity contribution in [2.45, 2.75) is 20.0 Å². The molecule has 2 N–H and O–H groups in total. The Morgan fingerprint density at radius 2 is 1.64 bits per heavy atom. The molecule has 0 fully saturated rings. The Bertz CT molecular complexity index is 773. The minimum atomic E-state index is -0.0988. The van der Waals surface area contributed by atoms with Crippen molar-refractivity contribution in [1.29, 1.82) is 0 Å². The third-order valence-electron chi connectivity index (χ3n) is 4.48. The van der Waals surface area contributed by atoms with Crippen molar-refractivity contribution in [2.75, 3.05) is 34.3 Å². The van der Waals surface area contributed by atoms with Crippen LogP contribution in [0, 0.1) is 0 Å². The Hall–Kier alpha value is -2.86. The van der Waals surface area contributed by atoms with Crippen molar-refractivity contribution >= 4 is 11.8 Å². The molecule has 0 aliphatic carbocycles. The third kappa shape index (κ3) is 6.39. The number of carbonyl (C=O) groups excluding carboxylic acids is 2. The molecule has 0 saturated heterocycles. The molecule has 2 aromatic carbocycles. The highest BCUT2D eigenvalue weighted by atomic mass is 16.5. The molecule has 28 heavy (non-hydrogen) atoms. The van der Waals surface area contributed by atoms with Gasteiger partial charge in [-0.3, -0.25) is 9.59 Å². The molecule has 0 radical (unpaired) electrons. The first-order valence-electron chi connectivity index (χ1n) is 9.51. The third-order valence-corrected chi connectivity index (χ3v) is 4.48. The van der Waals surface area contributed by atoms with Crippen LogP contribution in [0.2, 0.25) is 0 Å². The lowest BCUT2D eigenvalue weighted by Gasteiger charge is -2.20. The van der Waals surface area contributed by atoms with Gasteiger partial charge in [0, 0.05) is 31.8 Å². The van der Waals surface area contributed by atoms with Gasteiger partial charge < -0.3 is 19.9 Å². The maximum Gasteiger partial charge on any atom is 0.277 e. The quantitative estimate of drug-likeness (QED) is 0.681. The molecule has 0 spiro atoms. The van der Waals surface area contributed by atoms with Crippen molar-refractivity contribution in [3.05, 3.63) is 65.2 Å². The minimum absolute atomic E-state index is 0.0911. The lowest BCUT2D eigenvalue weighted by atomic mass is 10.1. The second-order valence-corrected chi connectivity index (χ2v) is 6.91. The van der Waals surface area contributed by atoms with Crippen LogP contribution in [-0.4, -0.2) is 51.0 Å². The van der Waals surface area contributed by atoms with E-state index in [4.69, 9.17) is 4.74 Å². The molecule has 0 saturated carbocycles. The van der Waals surface area contributed by atoms with E-state index in [1.54, 1.807) is 24.1 Å². The average molecular weight is 385 g/mol. The zero-order valence-corrected chi connectivity index (χ0v) is 17.1. The first kappa shape index (κ1) is 21.4. The van der Waals surface area contributed by atoms with Gasteiger partial charge in [-0.2, -0.15) is 0 Å². The molecule has 0 aromatic heterocycles. The lowest BCUT2D eigenvalue weighted by molar-refractivity contribution is -0.885. The fourth-order valence-electron chi connectivity index (χ4n) is 2.94. The largest absolute Gasteiger partial charge is 0.494 e. The number of rotatable bonds is 9. The number of amides is 2. The maximum absolute atomic E-state index is 12.5. The van der Waals surface area contributed by atoms with E-state index >= 15 is 0 Å². The van der Waals surface area contributed by atoms with Gasteiger partial charge in [0.1, 0.15) is 12.3 Å². The van der Waals surface area contributed by atoms with Crippen molar-refractivity contribution in [3.63, 3.8) is 0 Å². The molecule has 0 heterocycles. The molecule has 0 bridgehead atoms. The van der Waals surface area contributed by atoms with Crippen LogP contribution in [-0.2, 0) is 17.9 Å². The van der Waals surface area contributed by atoms with Gasteiger partial charge >= 0.3 is 0 Å². The summed E-state index contributed by atoms with van der Waals surface area (Å²) in [6.07, 6.45) is 0. The van der Waals surface area contributed by atoms with Gasteiger partial charge in [-0.25, -0.2) is 0 Å². The fraction of sp³-hybridized carbons (Fsp3) is 0.364. The Labute approximate surface area is 167 Å². The Morgan fingerprint density at radius 3 is 2.21 bits per heavy atom. The topological polar surface area (TPSA) is 63.1 Å². The summed E-state index contributed by atoms with van der Waals surface area (Å²) in [6.45, 7) is 4.29. The number of nitrogens with one attached hydrogen (secondary N) is 2. The number of nitrogens with zero attached hydrogens (tertiary/aromatic N) is 1. The molecule has 0 aliphatic rings. The standard InChI is InChI=1S/C22H29N3O3/c1-5-28-20-12-8-18(9-13-20)15-25(4)21(26)16-24(3)14-17-6-10-19(11-7-17)22(27)23-2/h6-13H,5,14-16H2,1-4H3,(H,23,27)/p+1. The summed E-state index contributed by atoms with van der Waals surface area (Å²) in [7, 11) is 5.43. The average Bonchev–Trinajstić information content (AvgIpc) is 2.69. The number of carbonyl (C=O) groups is 2. The van der Waals surface area contributed by atoms with Crippen LogP contribution in [0.25, 0.3) is 0 Å². The molecule has 6 heteroatoms. The molecule has 150 valence electrons. The highest BCUT2D eigenvalue weighted by molar-refractivity contribution is 5.93. The predicted octanol–water partition coefficient (Wildman–Crippen LogP) is 1.12. The Kier molecular flexibility index (Phi) is 8.02. The predicted molar refractivity (Wildman–Crippen MR) is 109 cm³/mol. The summed E-state index contributed by atoms with van der Waals surface area (Å²) >= 11 is 0. The molecule has 1 atom stereocenters. The molecular formula is C22H30N3O3+. The van der Waals surface area contributed by atoms with Crippen molar-refractivity contribution in [1.82, 2.24) is 10.2 Å². The molecule has 0 aliphatic heterocycles. The number of likely N-dealkylation sites (N-methyl/N-ethyl adjacent to an activating group) is 2. The zero-order chi connectivity index (χ0) is 20.5. The first-order valence-corrected chi connectivity index (χ1v) is 9.51. The van der Waals surface area contributed by atoms with Gasteiger partial charge in [0.05, 0.1) is 13.7 Å². The molecule has 6 nitrogen and oxygen atoms in total. The van der Waals surface area contributed by atoms with E-state index in [1.165, 1.54) is 0 Å². The summed E-state index contributed by atoms with van der Waals surface area (Å²) in [5, 5.41) is 2.61. The van der Waals surface area contributed by atoms with Crippen LogP contribution >= 0.6 is 0 Å². The second kappa shape index (κ2) is 10.5. The normalized spacial score (nSPS) is 11.6. The van der Waals surface area contributed by atoms with E-state index in [-0.39, 0.29) is 11.8 Å². The van der Waals surface area contributed by atoms with E-state index in [1.807, 2.05) is 57.4 Å². The number of quaternary nitrogens is 1. The van der Waals surface area contributed by atoms with E-state index in [2.05, 4.69) is 5.32 Å². The maximum atomic E-state index is 12.5. The van der Waals surface area contributed by atoms with Crippen molar-refractivity contribution in [3.8, 4) is 5.75 Å². The first-order chi connectivity index (χ1) is 13.4. The van der Waals surface area contributed by atoms with Crippen LogP contribution in [0.4, 0.5) is 0 Å². The van der Waals surface area contributed by atoms with Gasteiger partial charge in [0.2, 0.25) is 0 Å². The SMILES string of the molecule is CCOc1ccc(CN(C)C(=O)C[NH+](C)Cc2ccc(C(=O)NC)cc2)cc1. The summed E-state index contributed by atoms with van der Waals surface area (Å²) in [5.41, 5.74) is 2.80. The van der Waals surface area contributed by atoms with Crippen LogP contribution in [0.3, 0.4) is 0 Å². The van der Waals surface area contributed by atoms with Crippen LogP contribution in [0.5, 0.6) is 5.75 Å². The number of hydrogen-bond donors (Lipinski definition) is 2. The summed E-state index contributed by atoms with van der Waals surface area (Å²) in [5.74, 6) is 0.832. The van der Waals surface area contributed by atoms with Crippen molar-refractivity contribution in [2.24, 2.45) is 0 Å². The number of ether oxygens (including phenoxy) is 1. The van der Waals surface area contributed by atoms with Gasteiger partial charge in [0.15, 0.2) is 6.54 Å². The van der Waals surface area contributed by atoms with Gasteiger partial charge in [-0.15, -0.1) is 0 Å². The van der Waals surface area contributed by atoms with E-state index in [9.17, 15) is 9.59 Å². The highest BCUT2D eigenvalue weighted by Gasteiger charge is 2.15. The van der Waals surface area contributed by atoms with Crippen LogP contribution in [0.15, 0.2) is 48.5 Å². The smallest absolute Gasteiger partial charge is 0.277 e. The number of hydrogen-bond acceptors (Lipinski definition) is 3. The lowest BCUT2D eigenvalue weighted by Crippen LogP contribution is -3.08. The van der Waals surface area contributed by atoms with Gasteiger partial charge in [-0.1, -0.05) is 24.3 Å². The highest BCUT2D eigenvalue weighted by Crippen LogP contribution is 2.13. The number of benzene rings is 2. The van der Waals surface area contributed by atoms with E-state index in [0.717, 1.165) is 28.3 Å². The van der Waals surface area contributed by atoms with Gasteiger partial charge in [0.25, 0.3) is 11.8 Å². The molecule has 1 unspecified atom stereocenters. The molecule has 2 amide bonds. The minimum Gasteiger partial charge on any atom is -0.494 e. The zero-order valence-electron chi connectivity index (χ0n) is 17.1.